The van der Waals surface area contributed by atoms with Gasteiger partial charge in [-0.3, -0.25) is 0 Å². The van der Waals surface area contributed by atoms with Crippen molar-refractivity contribution in [2.75, 3.05) is 26.4 Å². The average molecular weight is 471 g/mol. The summed E-state index contributed by atoms with van der Waals surface area (Å²) in [5, 5.41) is 31.9. The maximum absolute atomic E-state index is 10.8. The van der Waals surface area contributed by atoms with Crippen molar-refractivity contribution in [3.05, 3.63) is 59.2 Å². The molecular formula is C27H34O7. The summed E-state index contributed by atoms with van der Waals surface area (Å²) in [6.45, 7) is 3.92. The zero-order chi connectivity index (χ0) is 23.7. The first-order chi connectivity index (χ1) is 16.5. The fourth-order valence-corrected chi connectivity index (χ4v) is 5.12. The predicted molar refractivity (Wildman–Crippen MR) is 125 cm³/mol. The van der Waals surface area contributed by atoms with Gasteiger partial charge in [0.15, 0.2) is 0 Å². The summed E-state index contributed by atoms with van der Waals surface area (Å²) in [5.74, 6) is 2.34. The Kier molecular flexibility index (Phi) is 7.09. The third kappa shape index (κ3) is 4.81. The van der Waals surface area contributed by atoms with Gasteiger partial charge in [-0.05, 0) is 73.4 Å². The van der Waals surface area contributed by atoms with E-state index in [1.54, 1.807) is 0 Å². The van der Waals surface area contributed by atoms with Crippen molar-refractivity contribution >= 4 is 0 Å². The van der Waals surface area contributed by atoms with Gasteiger partial charge < -0.3 is 34.3 Å². The Hall–Kier alpha value is -2.16. The molecule has 0 aromatic heterocycles. The van der Waals surface area contributed by atoms with Crippen LogP contribution in [-0.4, -0.2) is 66.2 Å². The highest BCUT2D eigenvalue weighted by atomic mass is 16.6. The van der Waals surface area contributed by atoms with Gasteiger partial charge in [-0.15, -0.1) is 0 Å². The molecule has 1 aliphatic carbocycles. The highest BCUT2D eigenvalue weighted by molar-refractivity contribution is 5.42. The fourth-order valence-electron chi connectivity index (χ4n) is 5.12. The molecule has 3 N–H and O–H groups in total. The zero-order valence-electron chi connectivity index (χ0n) is 19.5. The number of aliphatic hydroxyl groups is 3. The predicted octanol–water partition coefficient (Wildman–Crippen LogP) is 2.63. The molecule has 0 amide bonds. The van der Waals surface area contributed by atoms with Crippen LogP contribution in [0.1, 0.15) is 42.6 Å². The van der Waals surface area contributed by atoms with Gasteiger partial charge in [0, 0.05) is 12.2 Å². The molecule has 7 atom stereocenters. The smallest absolute Gasteiger partial charge is 0.125 e. The second-order valence-corrected chi connectivity index (χ2v) is 9.64. The highest BCUT2D eigenvalue weighted by Gasteiger charge is 2.46. The zero-order valence-corrected chi connectivity index (χ0v) is 19.5. The molecule has 2 aromatic rings. The summed E-state index contributed by atoms with van der Waals surface area (Å²) < 4.78 is 23.8. The number of hydrogen-bond donors (Lipinski definition) is 3. The summed E-state index contributed by atoms with van der Waals surface area (Å²) in [4.78, 5) is 0. The molecule has 7 unspecified atom stereocenters. The number of ether oxygens (including phenoxy) is 4. The molecule has 2 bridgehead atoms. The van der Waals surface area contributed by atoms with E-state index in [1.165, 1.54) is 0 Å². The molecule has 1 saturated carbocycles. The van der Waals surface area contributed by atoms with Crippen LogP contribution in [0.25, 0.3) is 0 Å². The van der Waals surface area contributed by atoms with Crippen LogP contribution < -0.4 is 9.47 Å². The Morgan fingerprint density at radius 1 is 0.853 bits per heavy atom. The van der Waals surface area contributed by atoms with Gasteiger partial charge in [-0.1, -0.05) is 18.2 Å². The molecule has 2 aliphatic heterocycles. The van der Waals surface area contributed by atoms with Gasteiger partial charge in [0.05, 0.1) is 19.8 Å². The van der Waals surface area contributed by atoms with Crippen molar-refractivity contribution in [2.24, 2.45) is 11.8 Å². The first kappa shape index (κ1) is 23.6. The largest absolute Gasteiger partial charge is 0.494 e. The summed E-state index contributed by atoms with van der Waals surface area (Å²) in [7, 11) is 0. The minimum Gasteiger partial charge on any atom is -0.494 e. The van der Waals surface area contributed by atoms with Crippen molar-refractivity contribution in [1.29, 1.82) is 0 Å². The van der Waals surface area contributed by atoms with Gasteiger partial charge in [0.25, 0.3) is 0 Å². The Bertz CT molecular complexity index is 962. The van der Waals surface area contributed by atoms with Crippen LogP contribution >= 0.6 is 0 Å². The molecule has 34 heavy (non-hydrogen) atoms. The standard InChI is InChI=1S/C27H34O7/c1-2-32-20-8-3-16(4-9-20)11-17-5-10-22-21(12-17)27-26(30)25(29)24(28)23(34-27)15-31-13-18-6-7-19(18)14-33-22/h3-5,8-10,12,18-19,23-30H,2,6-7,11,13-15H2,1H3. The van der Waals surface area contributed by atoms with Gasteiger partial charge in [-0.25, -0.2) is 0 Å². The number of fused-ring (bicyclic) bond motifs is 5. The Morgan fingerprint density at radius 3 is 2.32 bits per heavy atom. The first-order valence-corrected chi connectivity index (χ1v) is 12.3. The van der Waals surface area contributed by atoms with Crippen LogP contribution in [0, 0.1) is 11.8 Å². The lowest BCUT2D eigenvalue weighted by Gasteiger charge is -2.43. The minimum atomic E-state index is -1.34. The fraction of sp³-hybridized carbons (Fsp3) is 0.556. The highest BCUT2D eigenvalue weighted by Crippen LogP contribution is 2.41. The van der Waals surface area contributed by atoms with Gasteiger partial charge in [0.2, 0.25) is 0 Å². The maximum atomic E-state index is 10.8. The number of aliphatic hydroxyl groups excluding tert-OH is 3. The normalized spacial score (nSPS) is 33.2. The lowest BCUT2D eigenvalue weighted by atomic mass is 9.74. The second kappa shape index (κ2) is 10.2. The van der Waals surface area contributed by atoms with Crippen LogP contribution in [0.5, 0.6) is 11.5 Å². The molecule has 1 saturated heterocycles. The molecule has 3 aliphatic rings. The SMILES string of the molecule is CCOc1ccc(Cc2ccc3c(c2)C2OC(COCC4CCC4CO3)C(O)C(O)C2O)cc1. The third-order valence-corrected chi connectivity index (χ3v) is 7.38. The number of benzene rings is 2. The van der Waals surface area contributed by atoms with Crippen LogP contribution in [0.3, 0.4) is 0 Å². The quantitative estimate of drug-likeness (QED) is 0.632. The average Bonchev–Trinajstić information content (AvgIpc) is 2.82. The molecule has 7 heteroatoms. The van der Waals surface area contributed by atoms with E-state index < -0.39 is 30.5 Å². The summed E-state index contributed by atoms with van der Waals surface area (Å²) >= 11 is 0. The van der Waals surface area contributed by atoms with E-state index in [2.05, 4.69) is 0 Å². The second-order valence-electron chi connectivity index (χ2n) is 9.64. The van der Waals surface area contributed by atoms with E-state index in [0.717, 1.165) is 29.7 Å². The van der Waals surface area contributed by atoms with Gasteiger partial charge in [0.1, 0.15) is 42.0 Å². The molecular weight excluding hydrogens is 436 g/mol. The lowest BCUT2D eigenvalue weighted by molar-refractivity contribution is -0.237. The molecule has 2 heterocycles. The first-order valence-electron chi connectivity index (χ1n) is 12.3. The van der Waals surface area contributed by atoms with E-state index in [1.807, 2.05) is 49.4 Å². The van der Waals surface area contributed by atoms with E-state index in [-0.39, 0.29) is 6.61 Å². The Labute approximate surface area is 200 Å². The summed E-state index contributed by atoms with van der Waals surface area (Å²) in [5.41, 5.74) is 2.84. The van der Waals surface area contributed by atoms with Crippen LogP contribution in [-0.2, 0) is 15.9 Å². The third-order valence-electron chi connectivity index (χ3n) is 7.38. The molecule has 0 spiro atoms. The molecule has 7 nitrogen and oxygen atoms in total. The topological polar surface area (TPSA) is 97.6 Å². The Balaban J connectivity index is 1.44. The van der Waals surface area contributed by atoms with Crippen LogP contribution in [0.2, 0.25) is 0 Å². The van der Waals surface area contributed by atoms with Gasteiger partial charge >= 0.3 is 0 Å². The van der Waals surface area contributed by atoms with Crippen molar-refractivity contribution in [3.8, 4) is 11.5 Å². The van der Waals surface area contributed by atoms with Crippen LogP contribution in [0.4, 0.5) is 0 Å². The summed E-state index contributed by atoms with van der Waals surface area (Å²) in [6, 6.07) is 13.9. The van der Waals surface area contributed by atoms with E-state index in [0.29, 0.717) is 49.4 Å². The van der Waals surface area contributed by atoms with E-state index in [4.69, 9.17) is 18.9 Å². The van der Waals surface area contributed by atoms with Crippen molar-refractivity contribution in [1.82, 2.24) is 0 Å². The van der Waals surface area contributed by atoms with Gasteiger partial charge in [-0.2, -0.15) is 0 Å². The van der Waals surface area contributed by atoms with Crippen molar-refractivity contribution < 1.29 is 34.3 Å². The van der Waals surface area contributed by atoms with E-state index in [9.17, 15) is 15.3 Å². The molecule has 2 fully saturated rings. The molecule has 0 radical (unpaired) electrons. The summed E-state index contributed by atoms with van der Waals surface area (Å²) in [6.07, 6.45) is -2.52. The van der Waals surface area contributed by atoms with Crippen molar-refractivity contribution in [2.45, 2.75) is 56.7 Å². The molecule has 2 aromatic carbocycles. The lowest BCUT2D eigenvalue weighted by Crippen LogP contribution is -2.55. The Morgan fingerprint density at radius 2 is 1.59 bits per heavy atom. The molecule has 184 valence electrons. The van der Waals surface area contributed by atoms with E-state index >= 15 is 0 Å². The van der Waals surface area contributed by atoms with Crippen molar-refractivity contribution in [3.63, 3.8) is 0 Å². The number of hydrogen-bond acceptors (Lipinski definition) is 7. The number of rotatable bonds is 4. The monoisotopic (exact) mass is 470 g/mol. The maximum Gasteiger partial charge on any atom is 0.125 e. The minimum absolute atomic E-state index is 0.173. The molecule has 5 rings (SSSR count). The van der Waals surface area contributed by atoms with Crippen LogP contribution in [0.15, 0.2) is 42.5 Å².